The van der Waals surface area contributed by atoms with Crippen molar-refractivity contribution in [3.63, 3.8) is 0 Å². The van der Waals surface area contributed by atoms with Crippen LogP contribution in [0.25, 0.3) is 0 Å². The van der Waals surface area contributed by atoms with E-state index in [4.69, 9.17) is 4.52 Å². The molecule has 3 unspecified atom stereocenters. The third-order valence-corrected chi connectivity index (χ3v) is 6.60. The Kier molecular flexibility index (Phi) is 5.28. The molecular weight excluding hydrogens is 390 g/mol. The number of hydrogen-bond acceptors (Lipinski definition) is 6. The molecule has 1 aliphatic carbocycles. The predicted octanol–water partition coefficient (Wildman–Crippen LogP) is 2.66. The Morgan fingerprint density at radius 2 is 2.06 bits per heavy atom. The van der Waals surface area contributed by atoms with Crippen LogP contribution in [0.4, 0.5) is 0 Å². The Labute approximate surface area is 181 Å². The van der Waals surface area contributed by atoms with Gasteiger partial charge in [-0.3, -0.25) is 14.7 Å². The standard InChI is InChI=1S/C24H27N5O2/c1-17-26-23(31-28-17)24-12-21(27-22(30)10-19-8-5-9-25-13-19)11-20(24)15-29(16-24)14-18-6-3-2-4-7-18/h2-9,13,20-21H,10-12,14-16H2,1H3,(H,27,30). The molecule has 31 heavy (non-hydrogen) atoms. The molecule has 0 bridgehead atoms. The lowest BCUT2D eigenvalue weighted by Gasteiger charge is -2.25. The minimum absolute atomic E-state index is 0.0379. The molecule has 2 aromatic heterocycles. The number of amides is 1. The van der Waals surface area contributed by atoms with Crippen molar-refractivity contribution < 1.29 is 9.32 Å². The highest BCUT2D eigenvalue weighted by Gasteiger charge is 2.57. The molecule has 3 atom stereocenters. The van der Waals surface area contributed by atoms with Crippen LogP contribution in [0.5, 0.6) is 0 Å². The third kappa shape index (κ3) is 4.10. The first kappa shape index (κ1) is 19.9. The normalized spacial score (nSPS) is 25.5. The van der Waals surface area contributed by atoms with Crippen molar-refractivity contribution in [3.8, 4) is 0 Å². The molecule has 2 fully saturated rings. The third-order valence-electron chi connectivity index (χ3n) is 6.60. The number of fused-ring (bicyclic) bond motifs is 1. The second-order valence-corrected chi connectivity index (χ2v) is 8.90. The van der Waals surface area contributed by atoms with Crippen LogP contribution in [-0.2, 0) is 23.2 Å². The van der Waals surface area contributed by atoms with Gasteiger partial charge in [-0.15, -0.1) is 0 Å². The van der Waals surface area contributed by atoms with Crippen LogP contribution in [0.2, 0.25) is 0 Å². The maximum atomic E-state index is 12.6. The van der Waals surface area contributed by atoms with Crippen molar-refractivity contribution in [1.29, 1.82) is 0 Å². The minimum atomic E-state index is -0.206. The minimum Gasteiger partial charge on any atom is -0.353 e. The van der Waals surface area contributed by atoms with Crippen molar-refractivity contribution in [2.75, 3.05) is 13.1 Å². The van der Waals surface area contributed by atoms with Gasteiger partial charge in [-0.05, 0) is 42.9 Å². The van der Waals surface area contributed by atoms with E-state index in [9.17, 15) is 4.79 Å². The fourth-order valence-electron chi connectivity index (χ4n) is 5.34. The van der Waals surface area contributed by atoms with E-state index in [2.05, 4.69) is 49.6 Å². The highest BCUT2D eigenvalue weighted by atomic mass is 16.5. The average molecular weight is 418 g/mol. The summed E-state index contributed by atoms with van der Waals surface area (Å²) in [5, 5.41) is 7.32. The maximum absolute atomic E-state index is 12.6. The first-order valence-corrected chi connectivity index (χ1v) is 10.9. The number of nitrogens with one attached hydrogen (secondary N) is 1. The smallest absolute Gasteiger partial charge is 0.234 e. The molecule has 1 aromatic carbocycles. The van der Waals surface area contributed by atoms with Crippen molar-refractivity contribution >= 4 is 5.91 Å². The maximum Gasteiger partial charge on any atom is 0.234 e. The Balaban J connectivity index is 1.30. The molecule has 3 heterocycles. The van der Waals surface area contributed by atoms with E-state index in [1.54, 1.807) is 12.4 Å². The van der Waals surface area contributed by atoms with Crippen LogP contribution in [0, 0.1) is 12.8 Å². The highest BCUT2D eigenvalue weighted by Crippen LogP contribution is 2.50. The summed E-state index contributed by atoms with van der Waals surface area (Å²) in [6, 6.07) is 14.4. The summed E-state index contributed by atoms with van der Waals surface area (Å²) < 4.78 is 5.69. The number of likely N-dealkylation sites (tertiary alicyclic amines) is 1. The van der Waals surface area contributed by atoms with E-state index in [1.807, 2.05) is 25.1 Å². The summed E-state index contributed by atoms with van der Waals surface area (Å²) in [5.41, 5.74) is 2.03. The summed E-state index contributed by atoms with van der Waals surface area (Å²) in [6.45, 7) is 4.59. The van der Waals surface area contributed by atoms with Gasteiger partial charge in [0.05, 0.1) is 11.8 Å². The molecule has 160 valence electrons. The molecule has 1 saturated carbocycles. The summed E-state index contributed by atoms with van der Waals surface area (Å²) in [4.78, 5) is 23.8. The van der Waals surface area contributed by atoms with Gasteiger partial charge in [0.2, 0.25) is 11.8 Å². The van der Waals surface area contributed by atoms with Gasteiger partial charge in [0, 0.05) is 38.1 Å². The molecule has 1 saturated heterocycles. The molecule has 1 N–H and O–H groups in total. The van der Waals surface area contributed by atoms with Gasteiger partial charge in [0.25, 0.3) is 0 Å². The largest absolute Gasteiger partial charge is 0.353 e. The quantitative estimate of drug-likeness (QED) is 0.664. The van der Waals surface area contributed by atoms with Crippen molar-refractivity contribution in [2.45, 2.75) is 44.2 Å². The first-order chi connectivity index (χ1) is 15.1. The van der Waals surface area contributed by atoms with Gasteiger partial charge in [-0.25, -0.2) is 0 Å². The molecule has 7 nitrogen and oxygen atoms in total. The number of nitrogens with zero attached hydrogens (tertiary/aromatic N) is 4. The van der Waals surface area contributed by atoms with Gasteiger partial charge in [0.15, 0.2) is 5.82 Å². The van der Waals surface area contributed by atoms with Gasteiger partial charge in [-0.1, -0.05) is 41.6 Å². The van der Waals surface area contributed by atoms with E-state index in [0.29, 0.717) is 18.2 Å². The molecule has 1 amide bonds. The molecule has 0 radical (unpaired) electrons. The number of carbonyl (C=O) groups excluding carboxylic acids is 1. The number of carbonyl (C=O) groups is 1. The number of aromatic nitrogens is 3. The highest BCUT2D eigenvalue weighted by molar-refractivity contribution is 5.78. The molecule has 2 aliphatic rings. The summed E-state index contributed by atoms with van der Waals surface area (Å²) in [6.07, 6.45) is 5.56. The number of benzene rings is 1. The van der Waals surface area contributed by atoms with E-state index < -0.39 is 0 Å². The van der Waals surface area contributed by atoms with E-state index >= 15 is 0 Å². The first-order valence-electron chi connectivity index (χ1n) is 10.9. The van der Waals surface area contributed by atoms with E-state index in [0.717, 1.165) is 43.9 Å². The molecule has 5 rings (SSSR count). The SMILES string of the molecule is Cc1noc(C23CC(NC(=O)Cc4cccnc4)CC2CN(Cc2ccccc2)C3)n1. The van der Waals surface area contributed by atoms with Gasteiger partial charge >= 0.3 is 0 Å². The Bertz CT molecular complexity index is 1040. The molecule has 7 heteroatoms. The van der Waals surface area contributed by atoms with E-state index in [1.165, 1.54) is 5.56 Å². The van der Waals surface area contributed by atoms with Crippen LogP contribution >= 0.6 is 0 Å². The monoisotopic (exact) mass is 417 g/mol. The fraction of sp³-hybridized carbons (Fsp3) is 0.417. The predicted molar refractivity (Wildman–Crippen MR) is 115 cm³/mol. The zero-order valence-corrected chi connectivity index (χ0v) is 17.7. The lowest BCUT2D eigenvalue weighted by molar-refractivity contribution is -0.121. The lowest BCUT2D eigenvalue weighted by atomic mass is 9.80. The molecule has 0 spiro atoms. The average Bonchev–Trinajstić information content (AvgIpc) is 3.42. The van der Waals surface area contributed by atoms with Crippen molar-refractivity contribution in [3.05, 3.63) is 77.7 Å². The topological polar surface area (TPSA) is 84.2 Å². The second-order valence-electron chi connectivity index (χ2n) is 8.90. The molecular formula is C24H27N5O2. The van der Waals surface area contributed by atoms with Gasteiger partial charge in [-0.2, -0.15) is 4.98 Å². The summed E-state index contributed by atoms with van der Waals surface area (Å²) in [7, 11) is 0. The number of aryl methyl sites for hydroxylation is 1. The van der Waals surface area contributed by atoms with Gasteiger partial charge < -0.3 is 9.84 Å². The molecule has 3 aromatic rings. The van der Waals surface area contributed by atoms with Crippen molar-refractivity contribution in [2.24, 2.45) is 5.92 Å². The van der Waals surface area contributed by atoms with E-state index in [-0.39, 0.29) is 17.4 Å². The van der Waals surface area contributed by atoms with Crippen LogP contribution in [-0.4, -0.2) is 45.1 Å². The fourth-order valence-corrected chi connectivity index (χ4v) is 5.34. The summed E-state index contributed by atoms with van der Waals surface area (Å²) in [5.74, 6) is 1.79. The summed E-state index contributed by atoms with van der Waals surface area (Å²) >= 11 is 0. The zero-order chi connectivity index (χ0) is 21.3. The second kappa shape index (κ2) is 8.23. The van der Waals surface area contributed by atoms with Gasteiger partial charge in [0.1, 0.15) is 0 Å². The zero-order valence-electron chi connectivity index (χ0n) is 17.7. The molecule has 1 aliphatic heterocycles. The van der Waals surface area contributed by atoms with Crippen LogP contribution in [0.15, 0.2) is 59.4 Å². The Morgan fingerprint density at radius 1 is 1.23 bits per heavy atom. The Hall–Kier alpha value is -3.06. The Morgan fingerprint density at radius 3 is 2.81 bits per heavy atom. The number of rotatable bonds is 6. The number of pyridine rings is 1. The number of hydrogen-bond donors (Lipinski definition) is 1. The van der Waals surface area contributed by atoms with Crippen LogP contribution < -0.4 is 5.32 Å². The van der Waals surface area contributed by atoms with Crippen LogP contribution in [0.1, 0.15) is 35.7 Å². The van der Waals surface area contributed by atoms with Crippen LogP contribution in [0.3, 0.4) is 0 Å². The van der Waals surface area contributed by atoms with Crippen molar-refractivity contribution in [1.82, 2.24) is 25.3 Å². The lowest BCUT2D eigenvalue weighted by Crippen LogP contribution is -2.38.